The smallest absolute Gasteiger partial charge is 0.239 e. The second kappa shape index (κ2) is 8.25. The molecule has 1 fully saturated rings. The number of piperidine rings is 1. The van der Waals surface area contributed by atoms with Crippen molar-refractivity contribution in [3.8, 4) is 0 Å². The average molecular weight is 283 g/mol. The van der Waals surface area contributed by atoms with Crippen molar-refractivity contribution in [2.24, 2.45) is 11.3 Å². The van der Waals surface area contributed by atoms with E-state index in [1.54, 1.807) is 0 Å². The van der Waals surface area contributed by atoms with E-state index in [9.17, 15) is 9.59 Å². The SMILES string of the molecule is CCCC1(C(=O)NCC(=O)NCC(C)C)CCNCC1. The normalized spacial score (nSPS) is 17.8. The molecule has 1 rings (SSSR count). The number of carbonyl (C=O) groups excluding carboxylic acids is 2. The molecule has 1 heterocycles. The van der Waals surface area contributed by atoms with Gasteiger partial charge in [0, 0.05) is 6.54 Å². The molecule has 0 aliphatic carbocycles. The molecule has 1 aliphatic heterocycles. The van der Waals surface area contributed by atoms with Gasteiger partial charge in [-0.25, -0.2) is 0 Å². The van der Waals surface area contributed by atoms with Crippen LogP contribution in [0.15, 0.2) is 0 Å². The summed E-state index contributed by atoms with van der Waals surface area (Å²) in [6.07, 6.45) is 3.61. The molecule has 0 aromatic rings. The van der Waals surface area contributed by atoms with Gasteiger partial charge in [0.1, 0.15) is 0 Å². The minimum atomic E-state index is -0.279. The summed E-state index contributed by atoms with van der Waals surface area (Å²) in [5, 5.41) is 8.93. The third-order valence-corrected chi connectivity index (χ3v) is 3.89. The summed E-state index contributed by atoms with van der Waals surface area (Å²) in [4.78, 5) is 24.1. The van der Waals surface area contributed by atoms with E-state index in [0.29, 0.717) is 12.5 Å². The molecule has 0 radical (unpaired) electrons. The molecule has 20 heavy (non-hydrogen) atoms. The Morgan fingerprint density at radius 1 is 1.20 bits per heavy atom. The molecule has 5 heteroatoms. The lowest BCUT2D eigenvalue weighted by Gasteiger charge is -2.36. The summed E-state index contributed by atoms with van der Waals surface area (Å²) in [5.41, 5.74) is -0.279. The van der Waals surface area contributed by atoms with Crippen LogP contribution in [0.2, 0.25) is 0 Å². The Morgan fingerprint density at radius 2 is 1.85 bits per heavy atom. The van der Waals surface area contributed by atoms with Gasteiger partial charge < -0.3 is 16.0 Å². The first-order valence-electron chi connectivity index (χ1n) is 7.76. The molecule has 0 aromatic carbocycles. The van der Waals surface area contributed by atoms with E-state index in [2.05, 4.69) is 22.9 Å². The van der Waals surface area contributed by atoms with Crippen molar-refractivity contribution in [1.29, 1.82) is 0 Å². The van der Waals surface area contributed by atoms with Gasteiger partial charge in [-0.05, 0) is 38.3 Å². The maximum atomic E-state index is 12.4. The third-order valence-electron chi connectivity index (χ3n) is 3.89. The number of hydrogen-bond donors (Lipinski definition) is 3. The van der Waals surface area contributed by atoms with Gasteiger partial charge in [-0.1, -0.05) is 27.2 Å². The van der Waals surface area contributed by atoms with E-state index in [4.69, 9.17) is 0 Å². The summed E-state index contributed by atoms with van der Waals surface area (Å²) in [5.74, 6) is 0.360. The highest BCUT2D eigenvalue weighted by atomic mass is 16.2. The highest BCUT2D eigenvalue weighted by molar-refractivity contribution is 5.88. The van der Waals surface area contributed by atoms with E-state index in [-0.39, 0.29) is 23.8 Å². The van der Waals surface area contributed by atoms with Crippen LogP contribution < -0.4 is 16.0 Å². The molecule has 1 aliphatic rings. The van der Waals surface area contributed by atoms with Gasteiger partial charge in [0.05, 0.1) is 12.0 Å². The van der Waals surface area contributed by atoms with E-state index in [0.717, 1.165) is 38.8 Å². The zero-order chi connectivity index (χ0) is 15.0. The first-order chi connectivity index (χ1) is 9.50. The first-order valence-corrected chi connectivity index (χ1v) is 7.76. The minimum absolute atomic E-state index is 0.0422. The lowest BCUT2D eigenvalue weighted by atomic mass is 9.74. The number of amides is 2. The molecule has 1 saturated heterocycles. The predicted molar refractivity (Wildman–Crippen MR) is 80.3 cm³/mol. The molecule has 0 spiro atoms. The predicted octanol–water partition coefficient (Wildman–Crippen LogP) is 1.04. The molecule has 3 N–H and O–H groups in total. The van der Waals surface area contributed by atoms with Crippen LogP contribution in [0.25, 0.3) is 0 Å². The molecule has 5 nitrogen and oxygen atoms in total. The fraction of sp³-hybridized carbons (Fsp3) is 0.867. The molecule has 0 atom stereocenters. The summed E-state index contributed by atoms with van der Waals surface area (Å²) in [7, 11) is 0. The maximum absolute atomic E-state index is 12.4. The van der Waals surface area contributed by atoms with E-state index >= 15 is 0 Å². The Morgan fingerprint density at radius 3 is 2.40 bits per heavy atom. The molecular formula is C15H29N3O2. The molecule has 2 amide bonds. The monoisotopic (exact) mass is 283 g/mol. The third kappa shape index (κ3) is 5.12. The van der Waals surface area contributed by atoms with Gasteiger partial charge >= 0.3 is 0 Å². The molecule has 116 valence electrons. The number of carbonyl (C=O) groups is 2. The van der Waals surface area contributed by atoms with Gasteiger partial charge in [-0.2, -0.15) is 0 Å². The van der Waals surface area contributed by atoms with Gasteiger partial charge in [-0.15, -0.1) is 0 Å². The number of hydrogen-bond acceptors (Lipinski definition) is 3. The highest BCUT2D eigenvalue weighted by Gasteiger charge is 2.38. The summed E-state index contributed by atoms with van der Waals surface area (Å²) >= 11 is 0. The van der Waals surface area contributed by atoms with Crippen LogP contribution in [0.3, 0.4) is 0 Å². The average Bonchev–Trinajstić information content (AvgIpc) is 2.43. The standard InChI is InChI=1S/C15H29N3O2/c1-4-5-15(6-8-16-9-7-15)14(20)18-11-13(19)17-10-12(2)3/h12,16H,4-11H2,1-3H3,(H,17,19)(H,18,20). The van der Waals surface area contributed by atoms with E-state index in [1.807, 2.05) is 13.8 Å². The Labute approximate surface area is 122 Å². The molecule has 0 aromatic heterocycles. The van der Waals surface area contributed by atoms with Crippen molar-refractivity contribution in [3.63, 3.8) is 0 Å². The van der Waals surface area contributed by atoms with Crippen LogP contribution in [0, 0.1) is 11.3 Å². The van der Waals surface area contributed by atoms with Crippen LogP contribution in [0.4, 0.5) is 0 Å². The van der Waals surface area contributed by atoms with E-state index < -0.39 is 0 Å². The van der Waals surface area contributed by atoms with Crippen LogP contribution in [0.1, 0.15) is 46.5 Å². The van der Waals surface area contributed by atoms with Gasteiger partial charge in [0.25, 0.3) is 0 Å². The van der Waals surface area contributed by atoms with Crippen molar-refractivity contribution >= 4 is 11.8 Å². The zero-order valence-electron chi connectivity index (χ0n) is 13.1. The van der Waals surface area contributed by atoms with Gasteiger partial charge in [-0.3, -0.25) is 9.59 Å². The fourth-order valence-electron chi connectivity index (χ4n) is 2.70. The van der Waals surface area contributed by atoms with E-state index in [1.165, 1.54) is 0 Å². The quantitative estimate of drug-likeness (QED) is 0.654. The zero-order valence-corrected chi connectivity index (χ0v) is 13.1. The minimum Gasteiger partial charge on any atom is -0.354 e. The van der Waals surface area contributed by atoms with Crippen molar-refractivity contribution in [2.45, 2.75) is 46.5 Å². The van der Waals surface area contributed by atoms with Crippen LogP contribution in [0.5, 0.6) is 0 Å². The second-order valence-corrected chi connectivity index (χ2v) is 6.16. The van der Waals surface area contributed by atoms with Crippen molar-refractivity contribution in [3.05, 3.63) is 0 Å². The Kier molecular flexibility index (Phi) is 6.99. The Bertz CT molecular complexity index is 318. The fourth-order valence-corrected chi connectivity index (χ4v) is 2.70. The Hall–Kier alpha value is -1.10. The van der Waals surface area contributed by atoms with Crippen molar-refractivity contribution < 1.29 is 9.59 Å². The molecule has 0 saturated carbocycles. The summed E-state index contributed by atoms with van der Waals surface area (Å²) < 4.78 is 0. The lowest BCUT2D eigenvalue weighted by Crippen LogP contribution is -2.49. The molecule has 0 bridgehead atoms. The van der Waals surface area contributed by atoms with Crippen LogP contribution in [-0.2, 0) is 9.59 Å². The Balaban J connectivity index is 2.44. The van der Waals surface area contributed by atoms with Crippen molar-refractivity contribution in [2.75, 3.05) is 26.2 Å². The van der Waals surface area contributed by atoms with Gasteiger partial charge in [0.15, 0.2) is 0 Å². The van der Waals surface area contributed by atoms with Crippen LogP contribution in [-0.4, -0.2) is 38.0 Å². The highest BCUT2D eigenvalue weighted by Crippen LogP contribution is 2.34. The van der Waals surface area contributed by atoms with Crippen molar-refractivity contribution in [1.82, 2.24) is 16.0 Å². The van der Waals surface area contributed by atoms with Gasteiger partial charge in [0.2, 0.25) is 11.8 Å². The van der Waals surface area contributed by atoms with Crippen LogP contribution >= 0.6 is 0 Å². The largest absolute Gasteiger partial charge is 0.354 e. The maximum Gasteiger partial charge on any atom is 0.239 e. The number of rotatable bonds is 7. The first kappa shape index (κ1) is 17.0. The second-order valence-electron chi connectivity index (χ2n) is 6.16. The summed E-state index contributed by atoms with van der Waals surface area (Å²) in [6, 6.07) is 0. The summed E-state index contributed by atoms with van der Waals surface area (Å²) in [6.45, 7) is 8.70. The number of nitrogens with one attached hydrogen (secondary N) is 3. The molecular weight excluding hydrogens is 254 g/mol. The topological polar surface area (TPSA) is 70.2 Å². The lowest BCUT2D eigenvalue weighted by molar-refractivity contribution is -0.135. The molecule has 0 unspecified atom stereocenters.